The van der Waals surface area contributed by atoms with Gasteiger partial charge in [0.15, 0.2) is 0 Å². The Kier molecular flexibility index (Phi) is 5.91. The second-order valence-corrected chi connectivity index (χ2v) is 6.25. The molecule has 0 aliphatic carbocycles. The molecule has 0 aromatic heterocycles. The van der Waals surface area contributed by atoms with Gasteiger partial charge in [-0.1, -0.05) is 6.92 Å². The number of halogens is 1. The summed E-state index contributed by atoms with van der Waals surface area (Å²) in [5.41, 5.74) is 6.01. The lowest BCUT2D eigenvalue weighted by atomic mass is 10.2. The monoisotopic (exact) mass is 304 g/mol. The van der Waals surface area contributed by atoms with Crippen LogP contribution in [0.25, 0.3) is 0 Å². The highest BCUT2D eigenvalue weighted by molar-refractivity contribution is 7.89. The molecule has 0 bridgehead atoms. The van der Waals surface area contributed by atoms with Crippen LogP contribution in [-0.2, 0) is 14.8 Å². The van der Waals surface area contributed by atoms with E-state index in [0.717, 1.165) is 6.07 Å². The lowest BCUT2D eigenvalue weighted by Gasteiger charge is -2.21. The molecular weight excluding hydrogens is 283 g/mol. The fourth-order valence-electron chi connectivity index (χ4n) is 1.73. The molecule has 1 aromatic rings. The van der Waals surface area contributed by atoms with Gasteiger partial charge in [0.05, 0.1) is 11.5 Å². The average molecular weight is 304 g/mol. The summed E-state index contributed by atoms with van der Waals surface area (Å²) in [6.45, 7) is 6.38. The Morgan fingerprint density at radius 1 is 1.35 bits per heavy atom. The van der Waals surface area contributed by atoms with Crippen molar-refractivity contribution in [1.29, 1.82) is 0 Å². The lowest BCUT2D eigenvalue weighted by molar-refractivity contribution is 0.135. The van der Waals surface area contributed by atoms with Gasteiger partial charge in [0.1, 0.15) is 5.82 Å². The molecule has 0 aliphatic rings. The highest BCUT2D eigenvalue weighted by atomic mass is 32.2. The van der Waals surface area contributed by atoms with Crippen LogP contribution in [0.1, 0.15) is 19.4 Å². The van der Waals surface area contributed by atoms with Crippen LogP contribution in [0.4, 0.5) is 10.1 Å². The SMILES string of the molecule is CCOCCN(CC)S(=O)(=O)c1cc(N)c(C)c(F)c1. The van der Waals surface area contributed by atoms with Crippen molar-refractivity contribution in [3.05, 3.63) is 23.5 Å². The third-order valence-electron chi connectivity index (χ3n) is 3.04. The first kappa shape index (κ1) is 16.9. The van der Waals surface area contributed by atoms with Crippen LogP contribution >= 0.6 is 0 Å². The van der Waals surface area contributed by atoms with Crippen molar-refractivity contribution < 1.29 is 17.5 Å². The molecule has 0 unspecified atom stereocenters. The minimum Gasteiger partial charge on any atom is -0.398 e. The van der Waals surface area contributed by atoms with Crippen molar-refractivity contribution in [2.45, 2.75) is 25.7 Å². The molecule has 0 amide bonds. The molecule has 20 heavy (non-hydrogen) atoms. The predicted molar refractivity (Wildman–Crippen MR) is 76.5 cm³/mol. The number of nitrogens with two attached hydrogens (primary N) is 1. The number of benzene rings is 1. The Morgan fingerprint density at radius 3 is 2.50 bits per heavy atom. The number of anilines is 1. The Labute approximate surface area is 119 Å². The number of nitrogens with zero attached hydrogens (tertiary/aromatic N) is 1. The predicted octanol–water partition coefficient (Wildman–Crippen LogP) is 1.76. The fraction of sp³-hybridized carbons (Fsp3) is 0.538. The van der Waals surface area contributed by atoms with Gasteiger partial charge < -0.3 is 10.5 Å². The van der Waals surface area contributed by atoms with Crippen molar-refractivity contribution in [3.63, 3.8) is 0 Å². The number of likely N-dealkylation sites (N-methyl/N-ethyl adjacent to an activating group) is 1. The van der Waals surface area contributed by atoms with Gasteiger partial charge in [-0.15, -0.1) is 0 Å². The van der Waals surface area contributed by atoms with E-state index in [2.05, 4.69) is 0 Å². The normalized spacial score (nSPS) is 12.1. The average Bonchev–Trinajstić information content (AvgIpc) is 2.40. The van der Waals surface area contributed by atoms with E-state index in [4.69, 9.17) is 10.5 Å². The number of hydrogen-bond acceptors (Lipinski definition) is 4. The molecule has 0 saturated heterocycles. The van der Waals surface area contributed by atoms with E-state index in [9.17, 15) is 12.8 Å². The van der Waals surface area contributed by atoms with Crippen LogP contribution in [0.3, 0.4) is 0 Å². The zero-order valence-electron chi connectivity index (χ0n) is 12.0. The molecule has 0 heterocycles. The topological polar surface area (TPSA) is 72.6 Å². The van der Waals surface area contributed by atoms with Crippen LogP contribution < -0.4 is 5.73 Å². The van der Waals surface area contributed by atoms with Gasteiger partial charge >= 0.3 is 0 Å². The molecule has 114 valence electrons. The summed E-state index contributed by atoms with van der Waals surface area (Å²) in [6.07, 6.45) is 0. The van der Waals surface area contributed by atoms with Crippen molar-refractivity contribution in [3.8, 4) is 0 Å². The van der Waals surface area contributed by atoms with E-state index < -0.39 is 15.8 Å². The first-order chi connectivity index (χ1) is 9.34. The van der Waals surface area contributed by atoms with Crippen molar-refractivity contribution in [2.24, 2.45) is 0 Å². The molecule has 0 aliphatic heterocycles. The quantitative estimate of drug-likeness (QED) is 0.615. The fourth-order valence-corrected chi connectivity index (χ4v) is 3.21. The standard InChI is InChI=1S/C13H21FN2O3S/c1-4-16(6-7-19-5-2)20(17,18)11-8-12(14)10(3)13(15)9-11/h8-9H,4-7,15H2,1-3H3. The molecule has 2 N–H and O–H groups in total. The van der Waals surface area contributed by atoms with Crippen LogP contribution in [0.5, 0.6) is 0 Å². The third kappa shape index (κ3) is 3.68. The molecule has 7 heteroatoms. The summed E-state index contributed by atoms with van der Waals surface area (Å²) in [4.78, 5) is -0.128. The molecule has 5 nitrogen and oxygen atoms in total. The van der Waals surface area contributed by atoms with E-state index in [1.54, 1.807) is 6.92 Å². The maximum absolute atomic E-state index is 13.7. The van der Waals surface area contributed by atoms with E-state index >= 15 is 0 Å². The summed E-state index contributed by atoms with van der Waals surface area (Å²) in [6, 6.07) is 2.29. The Bertz CT molecular complexity index is 538. The Hall–Kier alpha value is -1.18. The number of rotatable bonds is 7. The zero-order valence-corrected chi connectivity index (χ0v) is 12.8. The minimum atomic E-state index is -3.76. The van der Waals surface area contributed by atoms with Gasteiger partial charge in [0.2, 0.25) is 10.0 Å². The molecule has 0 radical (unpaired) electrons. The molecule has 1 rings (SSSR count). The summed E-state index contributed by atoms with van der Waals surface area (Å²) in [5, 5.41) is 0. The van der Waals surface area contributed by atoms with Crippen molar-refractivity contribution >= 4 is 15.7 Å². The van der Waals surface area contributed by atoms with E-state index in [1.165, 1.54) is 17.3 Å². The van der Waals surface area contributed by atoms with Crippen LogP contribution in [0.15, 0.2) is 17.0 Å². The van der Waals surface area contributed by atoms with Crippen molar-refractivity contribution in [1.82, 2.24) is 4.31 Å². The highest BCUT2D eigenvalue weighted by Crippen LogP contribution is 2.23. The first-order valence-electron chi connectivity index (χ1n) is 6.48. The summed E-state index contributed by atoms with van der Waals surface area (Å²) in [7, 11) is -3.76. The smallest absolute Gasteiger partial charge is 0.243 e. The van der Waals surface area contributed by atoms with Crippen LogP contribution in [-0.4, -0.2) is 39.0 Å². The second kappa shape index (κ2) is 7.01. The minimum absolute atomic E-state index is 0.128. The number of nitrogen functional groups attached to an aromatic ring is 1. The molecule has 0 saturated carbocycles. The van der Waals surface area contributed by atoms with Gasteiger partial charge in [-0.2, -0.15) is 4.31 Å². The van der Waals surface area contributed by atoms with Gasteiger partial charge in [-0.3, -0.25) is 0 Å². The Balaban J connectivity index is 3.08. The summed E-state index contributed by atoms with van der Waals surface area (Å²) in [5.74, 6) is -0.621. The number of hydrogen-bond donors (Lipinski definition) is 1. The number of ether oxygens (including phenoxy) is 1. The highest BCUT2D eigenvalue weighted by Gasteiger charge is 2.24. The van der Waals surface area contributed by atoms with Gasteiger partial charge in [0.25, 0.3) is 0 Å². The van der Waals surface area contributed by atoms with Gasteiger partial charge in [-0.25, -0.2) is 12.8 Å². The largest absolute Gasteiger partial charge is 0.398 e. The maximum atomic E-state index is 13.7. The Morgan fingerprint density at radius 2 is 2.00 bits per heavy atom. The van der Waals surface area contributed by atoms with E-state index in [-0.39, 0.29) is 29.2 Å². The van der Waals surface area contributed by atoms with Gasteiger partial charge in [-0.05, 0) is 26.0 Å². The number of sulfonamides is 1. The van der Waals surface area contributed by atoms with Crippen LogP contribution in [0, 0.1) is 12.7 Å². The summed E-state index contributed by atoms with van der Waals surface area (Å²) >= 11 is 0. The molecule has 1 aromatic carbocycles. The zero-order chi connectivity index (χ0) is 15.3. The summed E-state index contributed by atoms with van der Waals surface area (Å²) < 4.78 is 44.9. The second-order valence-electron chi connectivity index (χ2n) is 4.31. The molecule has 0 atom stereocenters. The first-order valence-corrected chi connectivity index (χ1v) is 7.92. The van der Waals surface area contributed by atoms with Gasteiger partial charge in [0, 0.05) is 30.9 Å². The maximum Gasteiger partial charge on any atom is 0.243 e. The third-order valence-corrected chi connectivity index (χ3v) is 4.99. The van der Waals surface area contributed by atoms with E-state index in [1.807, 2.05) is 6.92 Å². The van der Waals surface area contributed by atoms with E-state index in [0.29, 0.717) is 13.2 Å². The van der Waals surface area contributed by atoms with Crippen LogP contribution in [0.2, 0.25) is 0 Å². The molecule has 0 spiro atoms. The molecule has 0 fully saturated rings. The lowest BCUT2D eigenvalue weighted by Crippen LogP contribution is -2.34. The molecular formula is C13H21FN2O3S. The van der Waals surface area contributed by atoms with Crippen molar-refractivity contribution in [2.75, 3.05) is 32.0 Å².